The molecule has 1 aromatic carbocycles. The van der Waals surface area contributed by atoms with Gasteiger partial charge in [0.15, 0.2) is 4.80 Å². The van der Waals surface area contributed by atoms with Crippen molar-refractivity contribution in [2.75, 3.05) is 25.5 Å². The van der Waals surface area contributed by atoms with E-state index in [0.29, 0.717) is 24.7 Å². The Balaban J connectivity index is 1.58. The first-order valence-corrected chi connectivity index (χ1v) is 13.7. The lowest BCUT2D eigenvalue weighted by Crippen LogP contribution is -2.56. The molecule has 2 aromatic rings. The number of anilines is 1. The van der Waals surface area contributed by atoms with Gasteiger partial charge in [0, 0.05) is 48.4 Å². The number of likely N-dealkylation sites (tertiary alicyclic amines) is 1. The molecule has 3 amide bonds. The Labute approximate surface area is 213 Å². The summed E-state index contributed by atoms with van der Waals surface area (Å²) in [6.45, 7) is 8.31. The fraction of sp³-hybridized carbons (Fsp3) is 0.542. The minimum absolute atomic E-state index is 0.0104. The molecule has 3 rings (SSSR count). The van der Waals surface area contributed by atoms with Gasteiger partial charge in [-0.3, -0.25) is 9.79 Å². The standard InChI is InChI=1S/C24H34IN5O2S/c1-24(2,3)20(28-22(32)27-19-7-5-17(15-25)6-8-19)21(31)29-11-9-18(10-12-29)16-30-13-14-33-23(30)26-4/h5-8,13-14,18,20H,9-12,15-16H2,1-4H3,(H2,27,28,32)/b26-23-/t20-/m0/s1. The van der Waals surface area contributed by atoms with Crippen LogP contribution in [0.2, 0.25) is 0 Å². The molecular formula is C24H34IN5O2S. The second-order valence-corrected chi connectivity index (χ2v) is 11.2. The molecule has 1 saturated heterocycles. The zero-order valence-electron chi connectivity index (χ0n) is 19.8. The van der Waals surface area contributed by atoms with E-state index < -0.39 is 11.5 Å². The van der Waals surface area contributed by atoms with Crippen molar-refractivity contribution in [3.05, 3.63) is 46.2 Å². The van der Waals surface area contributed by atoms with Crippen LogP contribution in [0.1, 0.15) is 39.2 Å². The van der Waals surface area contributed by atoms with Crippen molar-refractivity contribution in [3.8, 4) is 0 Å². The third kappa shape index (κ3) is 7.05. The number of carbonyl (C=O) groups excluding carboxylic acids is 2. The number of hydrogen-bond acceptors (Lipinski definition) is 4. The molecule has 33 heavy (non-hydrogen) atoms. The van der Waals surface area contributed by atoms with Crippen LogP contribution in [-0.4, -0.2) is 47.6 Å². The smallest absolute Gasteiger partial charge is 0.319 e. The first kappa shape index (κ1) is 25.7. The highest BCUT2D eigenvalue weighted by atomic mass is 127. The lowest BCUT2D eigenvalue weighted by molar-refractivity contribution is -0.137. The van der Waals surface area contributed by atoms with E-state index in [0.717, 1.165) is 28.6 Å². The van der Waals surface area contributed by atoms with E-state index in [2.05, 4.69) is 54.4 Å². The second kappa shape index (κ2) is 11.5. The first-order chi connectivity index (χ1) is 15.7. The molecule has 2 N–H and O–H groups in total. The average Bonchev–Trinajstić information content (AvgIpc) is 3.24. The molecular weight excluding hydrogens is 549 g/mol. The monoisotopic (exact) mass is 583 g/mol. The van der Waals surface area contributed by atoms with E-state index in [1.165, 1.54) is 5.56 Å². The summed E-state index contributed by atoms with van der Waals surface area (Å²) in [6.07, 6.45) is 3.98. The Kier molecular flexibility index (Phi) is 8.97. The summed E-state index contributed by atoms with van der Waals surface area (Å²) in [4.78, 5) is 33.4. The van der Waals surface area contributed by atoms with Crippen LogP contribution < -0.4 is 15.4 Å². The topological polar surface area (TPSA) is 78.7 Å². The van der Waals surface area contributed by atoms with Crippen molar-refractivity contribution >= 4 is 51.6 Å². The van der Waals surface area contributed by atoms with Crippen LogP contribution >= 0.6 is 33.9 Å². The lowest BCUT2D eigenvalue weighted by Gasteiger charge is -2.38. The Morgan fingerprint density at radius 1 is 1.21 bits per heavy atom. The maximum absolute atomic E-state index is 13.4. The Bertz CT molecular complexity index is 1000. The van der Waals surface area contributed by atoms with Crippen molar-refractivity contribution in [2.45, 2.75) is 50.6 Å². The van der Waals surface area contributed by atoms with Crippen LogP contribution in [0.25, 0.3) is 0 Å². The third-order valence-corrected chi connectivity index (χ3v) is 7.75. The molecule has 2 heterocycles. The van der Waals surface area contributed by atoms with Crippen LogP contribution in [0.15, 0.2) is 40.8 Å². The maximum atomic E-state index is 13.4. The average molecular weight is 584 g/mol. The lowest BCUT2D eigenvalue weighted by atomic mass is 9.85. The summed E-state index contributed by atoms with van der Waals surface area (Å²) in [5.74, 6) is 0.507. The molecule has 1 aliphatic heterocycles. The van der Waals surface area contributed by atoms with Crippen LogP contribution in [0, 0.1) is 11.3 Å². The van der Waals surface area contributed by atoms with Crippen molar-refractivity contribution < 1.29 is 9.59 Å². The fourth-order valence-corrected chi connectivity index (χ4v) is 5.25. The number of urea groups is 1. The molecule has 0 radical (unpaired) electrons. The van der Waals surface area contributed by atoms with Gasteiger partial charge in [0.2, 0.25) is 5.91 Å². The van der Waals surface area contributed by atoms with Crippen molar-refractivity contribution in [1.29, 1.82) is 0 Å². The van der Waals surface area contributed by atoms with Crippen molar-refractivity contribution in [2.24, 2.45) is 16.3 Å². The number of benzene rings is 1. The number of carbonyl (C=O) groups is 2. The number of aromatic nitrogens is 1. The highest BCUT2D eigenvalue weighted by molar-refractivity contribution is 14.1. The molecule has 0 bridgehead atoms. The summed E-state index contributed by atoms with van der Waals surface area (Å²) < 4.78 is 3.12. The van der Waals surface area contributed by atoms with Gasteiger partial charge in [-0.1, -0.05) is 55.5 Å². The molecule has 0 unspecified atom stereocenters. The normalized spacial score (nSPS) is 16.5. The SMILES string of the molecule is C/N=c1\sccn1CC1CCN(C(=O)[C@H](NC(=O)Nc2ccc(CI)cc2)C(C)(C)C)CC1. The summed E-state index contributed by atoms with van der Waals surface area (Å²) in [7, 11) is 1.82. The maximum Gasteiger partial charge on any atom is 0.319 e. The zero-order valence-corrected chi connectivity index (χ0v) is 22.8. The van der Waals surface area contributed by atoms with Gasteiger partial charge < -0.3 is 20.1 Å². The minimum atomic E-state index is -0.598. The van der Waals surface area contributed by atoms with Gasteiger partial charge in [-0.25, -0.2) is 4.79 Å². The molecule has 0 spiro atoms. The summed E-state index contributed by atoms with van der Waals surface area (Å²) in [6, 6.07) is 6.79. The molecule has 1 aromatic heterocycles. The molecule has 7 nitrogen and oxygen atoms in total. The molecule has 1 aliphatic rings. The number of amides is 3. The number of nitrogens with zero attached hydrogens (tertiary/aromatic N) is 3. The quantitative estimate of drug-likeness (QED) is 0.389. The summed E-state index contributed by atoms with van der Waals surface area (Å²) in [5.41, 5.74) is 1.51. The van der Waals surface area contributed by atoms with Gasteiger partial charge in [0.1, 0.15) is 6.04 Å². The van der Waals surface area contributed by atoms with Gasteiger partial charge in [-0.2, -0.15) is 0 Å². The number of hydrogen-bond donors (Lipinski definition) is 2. The Morgan fingerprint density at radius 3 is 2.45 bits per heavy atom. The number of thiazole rings is 1. The molecule has 1 atom stereocenters. The minimum Gasteiger partial charge on any atom is -0.341 e. The number of halogens is 1. The fourth-order valence-electron chi connectivity index (χ4n) is 4.04. The van der Waals surface area contributed by atoms with Crippen LogP contribution in [-0.2, 0) is 15.8 Å². The van der Waals surface area contributed by atoms with Crippen LogP contribution in [0.3, 0.4) is 0 Å². The van der Waals surface area contributed by atoms with Crippen molar-refractivity contribution in [1.82, 2.24) is 14.8 Å². The van der Waals surface area contributed by atoms with Gasteiger partial charge in [0.05, 0.1) is 0 Å². The van der Waals surface area contributed by atoms with Crippen LogP contribution in [0.5, 0.6) is 0 Å². The highest BCUT2D eigenvalue weighted by Crippen LogP contribution is 2.25. The number of alkyl halides is 1. The number of rotatable bonds is 6. The van der Waals surface area contributed by atoms with Gasteiger partial charge in [-0.05, 0) is 41.9 Å². The van der Waals surface area contributed by atoms with E-state index >= 15 is 0 Å². The van der Waals surface area contributed by atoms with Crippen LogP contribution in [0.4, 0.5) is 10.5 Å². The molecule has 180 valence electrons. The van der Waals surface area contributed by atoms with E-state index in [-0.39, 0.29) is 11.9 Å². The van der Waals surface area contributed by atoms with E-state index in [1.807, 2.05) is 57.0 Å². The second-order valence-electron chi connectivity index (χ2n) is 9.56. The molecule has 0 saturated carbocycles. The number of piperidine rings is 1. The van der Waals surface area contributed by atoms with E-state index in [9.17, 15) is 9.59 Å². The largest absolute Gasteiger partial charge is 0.341 e. The zero-order chi connectivity index (χ0) is 24.0. The predicted octanol–water partition coefficient (Wildman–Crippen LogP) is 4.49. The molecule has 0 aliphatic carbocycles. The molecule has 1 fully saturated rings. The van der Waals surface area contributed by atoms with E-state index in [4.69, 9.17) is 0 Å². The first-order valence-electron chi connectivity index (χ1n) is 11.3. The summed E-state index contributed by atoms with van der Waals surface area (Å²) in [5, 5.41) is 7.86. The summed E-state index contributed by atoms with van der Waals surface area (Å²) >= 11 is 3.95. The van der Waals surface area contributed by atoms with Crippen molar-refractivity contribution in [3.63, 3.8) is 0 Å². The third-order valence-electron chi connectivity index (χ3n) is 5.99. The van der Waals surface area contributed by atoms with Gasteiger partial charge in [-0.15, -0.1) is 11.3 Å². The predicted molar refractivity (Wildman–Crippen MR) is 143 cm³/mol. The molecule has 9 heteroatoms. The highest BCUT2D eigenvalue weighted by Gasteiger charge is 2.37. The Morgan fingerprint density at radius 2 is 1.88 bits per heavy atom. The number of nitrogens with one attached hydrogen (secondary N) is 2. The Hall–Kier alpha value is -1.88. The van der Waals surface area contributed by atoms with Gasteiger partial charge >= 0.3 is 6.03 Å². The van der Waals surface area contributed by atoms with E-state index in [1.54, 1.807) is 11.3 Å². The van der Waals surface area contributed by atoms with Gasteiger partial charge in [0.25, 0.3) is 0 Å².